The average molecular weight is 320 g/mol. The SMILES string of the molecule is O=c1c2ccccc2c2ccccc2n1Cc1ccc(Cl)cc1. The van der Waals surface area contributed by atoms with E-state index in [2.05, 4.69) is 6.07 Å². The van der Waals surface area contributed by atoms with Gasteiger partial charge in [0, 0.05) is 15.8 Å². The van der Waals surface area contributed by atoms with E-state index in [0.29, 0.717) is 11.6 Å². The molecule has 0 aliphatic carbocycles. The molecular weight excluding hydrogens is 306 g/mol. The average Bonchev–Trinajstić information content (AvgIpc) is 2.60. The van der Waals surface area contributed by atoms with E-state index in [1.54, 1.807) is 0 Å². The minimum atomic E-state index is 0.0363. The van der Waals surface area contributed by atoms with Gasteiger partial charge in [0.15, 0.2) is 0 Å². The van der Waals surface area contributed by atoms with E-state index in [0.717, 1.165) is 27.2 Å². The highest BCUT2D eigenvalue weighted by Gasteiger charge is 2.10. The Morgan fingerprint density at radius 2 is 1.35 bits per heavy atom. The highest BCUT2D eigenvalue weighted by Crippen LogP contribution is 2.23. The highest BCUT2D eigenvalue weighted by atomic mass is 35.5. The van der Waals surface area contributed by atoms with Crippen molar-refractivity contribution in [2.45, 2.75) is 6.54 Å². The van der Waals surface area contributed by atoms with Gasteiger partial charge in [-0.05, 0) is 35.2 Å². The molecule has 0 saturated heterocycles. The van der Waals surface area contributed by atoms with Crippen molar-refractivity contribution < 1.29 is 0 Å². The Bertz CT molecular complexity index is 1060. The summed E-state index contributed by atoms with van der Waals surface area (Å²) >= 11 is 5.95. The Morgan fingerprint density at radius 3 is 2.09 bits per heavy atom. The first kappa shape index (κ1) is 14.0. The maximum absolute atomic E-state index is 13.0. The lowest BCUT2D eigenvalue weighted by molar-refractivity contribution is 0.802. The third-order valence-corrected chi connectivity index (χ3v) is 4.39. The fourth-order valence-electron chi connectivity index (χ4n) is 3.03. The van der Waals surface area contributed by atoms with Crippen molar-refractivity contribution in [2.24, 2.45) is 0 Å². The zero-order valence-electron chi connectivity index (χ0n) is 12.4. The molecule has 0 unspecified atom stereocenters. The van der Waals surface area contributed by atoms with E-state index in [4.69, 9.17) is 11.6 Å². The summed E-state index contributed by atoms with van der Waals surface area (Å²) in [5, 5.41) is 3.54. The van der Waals surface area contributed by atoms with E-state index < -0.39 is 0 Å². The summed E-state index contributed by atoms with van der Waals surface area (Å²) < 4.78 is 1.83. The van der Waals surface area contributed by atoms with Gasteiger partial charge in [0.1, 0.15) is 0 Å². The molecular formula is C20H14ClNO. The molecule has 112 valence electrons. The predicted octanol–water partition coefficient (Wildman–Crippen LogP) is 4.86. The Balaban J connectivity index is 2.02. The predicted molar refractivity (Wildman–Crippen MR) is 96.3 cm³/mol. The van der Waals surface area contributed by atoms with Crippen LogP contribution in [-0.2, 0) is 6.54 Å². The van der Waals surface area contributed by atoms with Gasteiger partial charge >= 0.3 is 0 Å². The van der Waals surface area contributed by atoms with Crippen LogP contribution in [0, 0.1) is 0 Å². The molecule has 0 amide bonds. The van der Waals surface area contributed by atoms with Crippen LogP contribution in [-0.4, -0.2) is 4.57 Å². The second kappa shape index (κ2) is 5.56. The molecule has 0 radical (unpaired) electrons. The van der Waals surface area contributed by atoms with Crippen LogP contribution in [0.25, 0.3) is 21.7 Å². The highest BCUT2D eigenvalue weighted by molar-refractivity contribution is 6.30. The third kappa shape index (κ3) is 2.41. The van der Waals surface area contributed by atoms with E-state index in [1.807, 2.05) is 71.3 Å². The summed E-state index contributed by atoms with van der Waals surface area (Å²) in [5.74, 6) is 0. The minimum absolute atomic E-state index is 0.0363. The first-order chi connectivity index (χ1) is 11.2. The van der Waals surface area contributed by atoms with E-state index >= 15 is 0 Å². The van der Waals surface area contributed by atoms with Crippen molar-refractivity contribution in [2.75, 3.05) is 0 Å². The van der Waals surface area contributed by atoms with Gasteiger partial charge in [-0.3, -0.25) is 4.79 Å². The van der Waals surface area contributed by atoms with E-state index in [-0.39, 0.29) is 5.56 Å². The number of para-hydroxylation sites is 1. The van der Waals surface area contributed by atoms with Crippen molar-refractivity contribution >= 4 is 33.3 Å². The number of fused-ring (bicyclic) bond motifs is 3. The number of rotatable bonds is 2. The standard InChI is InChI=1S/C20H14ClNO/c21-15-11-9-14(10-12-15)13-22-19-8-4-3-6-17(19)16-5-1-2-7-18(16)20(22)23/h1-12H,13H2. The monoisotopic (exact) mass is 319 g/mol. The van der Waals surface area contributed by atoms with Crippen molar-refractivity contribution in [3.8, 4) is 0 Å². The molecule has 1 heterocycles. The van der Waals surface area contributed by atoms with Gasteiger partial charge in [-0.15, -0.1) is 0 Å². The molecule has 4 aromatic rings. The van der Waals surface area contributed by atoms with Gasteiger partial charge in [0.2, 0.25) is 0 Å². The summed E-state index contributed by atoms with van der Waals surface area (Å²) in [7, 11) is 0. The molecule has 4 rings (SSSR count). The minimum Gasteiger partial charge on any atom is -0.303 e. The lowest BCUT2D eigenvalue weighted by atomic mass is 10.1. The van der Waals surface area contributed by atoms with Gasteiger partial charge in [0.05, 0.1) is 12.1 Å². The van der Waals surface area contributed by atoms with Crippen LogP contribution in [0.15, 0.2) is 77.6 Å². The second-order valence-corrected chi connectivity index (χ2v) is 6.02. The van der Waals surface area contributed by atoms with Gasteiger partial charge in [-0.25, -0.2) is 0 Å². The smallest absolute Gasteiger partial charge is 0.259 e. The number of hydrogen-bond acceptors (Lipinski definition) is 1. The number of pyridine rings is 1. The number of halogens is 1. The van der Waals surface area contributed by atoms with Crippen LogP contribution < -0.4 is 5.56 Å². The summed E-state index contributed by atoms with van der Waals surface area (Å²) in [6, 6.07) is 23.4. The van der Waals surface area contributed by atoms with Crippen LogP contribution in [0.5, 0.6) is 0 Å². The molecule has 0 spiro atoms. The molecule has 1 aromatic heterocycles. The second-order valence-electron chi connectivity index (χ2n) is 5.58. The molecule has 0 aliphatic rings. The molecule has 0 aliphatic heterocycles. The number of hydrogen-bond donors (Lipinski definition) is 0. The molecule has 3 aromatic carbocycles. The molecule has 0 atom stereocenters. The molecule has 2 nitrogen and oxygen atoms in total. The lowest BCUT2D eigenvalue weighted by Gasteiger charge is -2.13. The molecule has 3 heteroatoms. The van der Waals surface area contributed by atoms with Crippen LogP contribution in [0.3, 0.4) is 0 Å². The summed E-state index contributed by atoms with van der Waals surface area (Å²) in [5.41, 5.74) is 2.04. The zero-order chi connectivity index (χ0) is 15.8. The maximum atomic E-state index is 13.0. The Morgan fingerprint density at radius 1 is 0.739 bits per heavy atom. The zero-order valence-corrected chi connectivity index (χ0v) is 13.1. The van der Waals surface area contributed by atoms with Crippen LogP contribution in [0.2, 0.25) is 5.02 Å². The molecule has 0 saturated carbocycles. The van der Waals surface area contributed by atoms with Gasteiger partial charge in [-0.2, -0.15) is 0 Å². The van der Waals surface area contributed by atoms with E-state index in [1.165, 1.54) is 0 Å². The van der Waals surface area contributed by atoms with Crippen molar-refractivity contribution in [1.29, 1.82) is 0 Å². The number of aromatic nitrogens is 1. The van der Waals surface area contributed by atoms with Crippen molar-refractivity contribution in [1.82, 2.24) is 4.57 Å². The molecule has 23 heavy (non-hydrogen) atoms. The van der Waals surface area contributed by atoms with Gasteiger partial charge in [0.25, 0.3) is 5.56 Å². The number of nitrogens with zero attached hydrogens (tertiary/aromatic N) is 1. The summed E-state index contributed by atoms with van der Waals surface area (Å²) in [4.78, 5) is 13.0. The maximum Gasteiger partial charge on any atom is 0.259 e. The van der Waals surface area contributed by atoms with Crippen LogP contribution in [0.4, 0.5) is 0 Å². The first-order valence-electron chi connectivity index (χ1n) is 7.49. The number of benzene rings is 3. The Hall–Kier alpha value is -2.58. The summed E-state index contributed by atoms with van der Waals surface area (Å²) in [6.45, 7) is 0.529. The Kier molecular flexibility index (Phi) is 3.40. The molecule has 0 fully saturated rings. The topological polar surface area (TPSA) is 22.0 Å². The first-order valence-corrected chi connectivity index (χ1v) is 7.86. The lowest BCUT2D eigenvalue weighted by Crippen LogP contribution is -2.21. The molecule has 0 bridgehead atoms. The Labute approximate surface area is 138 Å². The quantitative estimate of drug-likeness (QED) is 0.484. The van der Waals surface area contributed by atoms with Gasteiger partial charge < -0.3 is 4.57 Å². The largest absolute Gasteiger partial charge is 0.303 e. The van der Waals surface area contributed by atoms with Crippen LogP contribution >= 0.6 is 11.6 Å². The van der Waals surface area contributed by atoms with Gasteiger partial charge in [-0.1, -0.05) is 60.1 Å². The normalized spacial score (nSPS) is 11.2. The fraction of sp³-hybridized carbons (Fsp3) is 0.0500. The summed E-state index contributed by atoms with van der Waals surface area (Å²) in [6.07, 6.45) is 0. The van der Waals surface area contributed by atoms with E-state index in [9.17, 15) is 4.79 Å². The third-order valence-electron chi connectivity index (χ3n) is 4.14. The van der Waals surface area contributed by atoms with Crippen molar-refractivity contribution in [3.05, 3.63) is 93.7 Å². The fourth-order valence-corrected chi connectivity index (χ4v) is 3.15. The van der Waals surface area contributed by atoms with Crippen LogP contribution in [0.1, 0.15) is 5.56 Å². The molecule has 0 N–H and O–H groups in total. The van der Waals surface area contributed by atoms with Crippen molar-refractivity contribution in [3.63, 3.8) is 0 Å².